The fourth-order valence-corrected chi connectivity index (χ4v) is 2.27. The molecule has 1 atom stereocenters. The normalized spacial score (nSPS) is 12.6. The number of nitrogens with two attached hydrogens (primary N) is 1. The second-order valence-corrected chi connectivity index (χ2v) is 5.59. The summed E-state index contributed by atoms with van der Waals surface area (Å²) in [7, 11) is 0. The number of nitrogens with zero attached hydrogens (tertiary/aromatic N) is 1. The lowest BCUT2D eigenvalue weighted by atomic mass is 10.0. The van der Waals surface area contributed by atoms with Gasteiger partial charge in [0.1, 0.15) is 0 Å². The second kappa shape index (κ2) is 9.48. The van der Waals surface area contributed by atoms with Crippen molar-refractivity contribution in [1.29, 1.82) is 0 Å². The highest BCUT2D eigenvalue weighted by atomic mass is 79.9. The molecule has 0 radical (unpaired) electrons. The summed E-state index contributed by atoms with van der Waals surface area (Å²) in [5, 5.41) is 0. The van der Waals surface area contributed by atoms with E-state index >= 15 is 0 Å². The van der Waals surface area contributed by atoms with Crippen LogP contribution in [0.15, 0.2) is 22.8 Å². The van der Waals surface area contributed by atoms with Crippen molar-refractivity contribution in [3.05, 3.63) is 28.5 Å². The van der Waals surface area contributed by atoms with Crippen LogP contribution >= 0.6 is 15.9 Å². The zero-order chi connectivity index (χ0) is 13.2. The van der Waals surface area contributed by atoms with Crippen molar-refractivity contribution < 1.29 is 0 Å². The van der Waals surface area contributed by atoms with E-state index in [4.69, 9.17) is 5.84 Å². The van der Waals surface area contributed by atoms with Gasteiger partial charge in [-0.2, -0.15) is 0 Å². The average molecular weight is 314 g/mol. The Morgan fingerprint density at radius 2 is 1.94 bits per heavy atom. The average Bonchev–Trinajstić information content (AvgIpc) is 2.39. The van der Waals surface area contributed by atoms with Crippen LogP contribution in [0, 0.1) is 0 Å². The minimum absolute atomic E-state index is 0.171. The lowest BCUT2D eigenvalue weighted by Gasteiger charge is -2.15. The molecule has 1 unspecified atom stereocenters. The summed E-state index contributed by atoms with van der Waals surface area (Å²) in [6.45, 7) is 2.24. The molecular weight excluding hydrogens is 290 g/mol. The topological polar surface area (TPSA) is 50.9 Å². The molecule has 18 heavy (non-hydrogen) atoms. The van der Waals surface area contributed by atoms with Crippen molar-refractivity contribution in [3.63, 3.8) is 0 Å². The number of unbranched alkanes of at least 4 members (excludes halogenated alkanes) is 5. The second-order valence-electron chi connectivity index (χ2n) is 4.68. The van der Waals surface area contributed by atoms with E-state index in [-0.39, 0.29) is 6.04 Å². The first-order valence-electron chi connectivity index (χ1n) is 6.85. The monoisotopic (exact) mass is 313 g/mol. The molecule has 3 nitrogen and oxygen atoms in total. The van der Waals surface area contributed by atoms with E-state index in [2.05, 4.69) is 33.3 Å². The molecule has 102 valence electrons. The molecule has 0 saturated heterocycles. The van der Waals surface area contributed by atoms with Crippen LogP contribution in [0.1, 0.15) is 63.6 Å². The van der Waals surface area contributed by atoms with Crippen LogP contribution in [0.5, 0.6) is 0 Å². The molecule has 0 aliphatic carbocycles. The lowest BCUT2D eigenvalue weighted by molar-refractivity contribution is 0.468. The standard InChI is InChI=1S/C14H24BrN3/c1-2-3-4-5-6-7-8-14(18-16)13-10-9-12(15)11-17-13/h9-11,14,18H,2-8,16H2,1H3. The van der Waals surface area contributed by atoms with E-state index in [1.54, 1.807) is 0 Å². The van der Waals surface area contributed by atoms with Crippen molar-refractivity contribution in [2.45, 2.75) is 57.9 Å². The van der Waals surface area contributed by atoms with Gasteiger partial charge in [-0.15, -0.1) is 0 Å². The van der Waals surface area contributed by atoms with E-state index < -0.39 is 0 Å². The van der Waals surface area contributed by atoms with Gasteiger partial charge >= 0.3 is 0 Å². The first-order valence-corrected chi connectivity index (χ1v) is 7.64. The molecule has 1 heterocycles. The van der Waals surface area contributed by atoms with E-state index in [1.165, 1.54) is 38.5 Å². The first kappa shape index (κ1) is 15.6. The maximum atomic E-state index is 5.60. The summed E-state index contributed by atoms with van der Waals surface area (Å²) < 4.78 is 1.00. The zero-order valence-electron chi connectivity index (χ0n) is 11.2. The summed E-state index contributed by atoms with van der Waals surface area (Å²) in [4.78, 5) is 4.39. The Bertz CT molecular complexity index is 313. The smallest absolute Gasteiger partial charge is 0.0632 e. The molecular formula is C14H24BrN3. The summed E-state index contributed by atoms with van der Waals surface area (Å²) in [6.07, 6.45) is 10.7. The molecule has 0 aliphatic heterocycles. The zero-order valence-corrected chi connectivity index (χ0v) is 12.7. The number of aromatic nitrogens is 1. The number of nitrogens with one attached hydrogen (secondary N) is 1. The Balaban J connectivity index is 2.27. The van der Waals surface area contributed by atoms with Crippen molar-refractivity contribution in [2.75, 3.05) is 0 Å². The first-order chi connectivity index (χ1) is 8.77. The third-order valence-corrected chi connectivity index (χ3v) is 3.62. The highest BCUT2D eigenvalue weighted by molar-refractivity contribution is 9.10. The predicted octanol–water partition coefficient (Wildman–Crippen LogP) is 4.10. The fraction of sp³-hybridized carbons (Fsp3) is 0.643. The van der Waals surface area contributed by atoms with Gasteiger partial charge in [-0.05, 0) is 34.5 Å². The summed E-state index contributed by atoms with van der Waals surface area (Å²) in [5.74, 6) is 5.60. The quantitative estimate of drug-likeness (QED) is 0.410. The highest BCUT2D eigenvalue weighted by Gasteiger charge is 2.10. The minimum atomic E-state index is 0.171. The van der Waals surface area contributed by atoms with Crippen LogP contribution in [0.25, 0.3) is 0 Å². The largest absolute Gasteiger partial charge is 0.271 e. The Morgan fingerprint density at radius 1 is 1.22 bits per heavy atom. The van der Waals surface area contributed by atoms with E-state index in [1.807, 2.05) is 18.3 Å². The molecule has 4 heteroatoms. The number of hydrogen-bond acceptors (Lipinski definition) is 3. The third-order valence-electron chi connectivity index (χ3n) is 3.15. The Labute approximate surface area is 119 Å². The predicted molar refractivity (Wildman–Crippen MR) is 80.0 cm³/mol. The lowest BCUT2D eigenvalue weighted by Crippen LogP contribution is -2.28. The van der Waals surface area contributed by atoms with Crippen molar-refractivity contribution in [2.24, 2.45) is 5.84 Å². The fourth-order valence-electron chi connectivity index (χ4n) is 2.04. The van der Waals surface area contributed by atoms with Crippen LogP contribution in [0.3, 0.4) is 0 Å². The van der Waals surface area contributed by atoms with E-state index in [0.29, 0.717) is 0 Å². The molecule has 0 bridgehead atoms. The molecule has 0 spiro atoms. The minimum Gasteiger partial charge on any atom is -0.271 e. The van der Waals surface area contributed by atoms with Gasteiger partial charge in [0.05, 0.1) is 11.7 Å². The van der Waals surface area contributed by atoms with Crippen LogP contribution in [0.4, 0.5) is 0 Å². The van der Waals surface area contributed by atoms with Gasteiger partial charge in [-0.1, -0.05) is 45.4 Å². The van der Waals surface area contributed by atoms with Crippen molar-refractivity contribution in [3.8, 4) is 0 Å². The summed E-state index contributed by atoms with van der Waals surface area (Å²) >= 11 is 3.39. The third kappa shape index (κ3) is 5.94. The number of hydrogen-bond donors (Lipinski definition) is 2. The summed E-state index contributed by atoms with van der Waals surface area (Å²) in [6, 6.07) is 4.20. The van der Waals surface area contributed by atoms with Gasteiger partial charge in [-0.25, -0.2) is 0 Å². The molecule has 0 aromatic carbocycles. The Morgan fingerprint density at radius 3 is 2.56 bits per heavy atom. The number of hydrazine groups is 1. The van der Waals surface area contributed by atoms with Gasteiger partial charge < -0.3 is 0 Å². The van der Waals surface area contributed by atoms with Gasteiger partial charge in [-0.3, -0.25) is 16.3 Å². The maximum absolute atomic E-state index is 5.60. The number of pyridine rings is 1. The molecule has 3 N–H and O–H groups in total. The van der Waals surface area contributed by atoms with Crippen LogP contribution < -0.4 is 11.3 Å². The van der Waals surface area contributed by atoms with Gasteiger partial charge in [0.15, 0.2) is 0 Å². The highest BCUT2D eigenvalue weighted by Crippen LogP contribution is 2.19. The van der Waals surface area contributed by atoms with Crippen LogP contribution in [-0.2, 0) is 0 Å². The van der Waals surface area contributed by atoms with Crippen LogP contribution in [0.2, 0.25) is 0 Å². The van der Waals surface area contributed by atoms with Crippen LogP contribution in [-0.4, -0.2) is 4.98 Å². The molecule has 1 rings (SSSR count). The summed E-state index contributed by atoms with van der Waals surface area (Å²) in [5.41, 5.74) is 3.88. The molecule has 0 aliphatic rings. The van der Waals surface area contributed by atoms with Gasteiger partial charge in [0.2, 0.25) is 0 Å². The Hall–Kier alpha value is -0.450. The molecule has 0 amide bonds. The molecule has 1 aromatic rings. The van der Waals surface area contributed by atoms with Crippen molar-refractivity contribution >= 4 is 15.9 Å². The SMILES string of the molecule is CCCCCCCCC(NN)c1ccc(Br)cn1. The molecule has 0 fully saturated rings. The maximum Gasteiger partial charge on any atom is 0.0632 e. The van der Waals surface area contributed by atoms with Gasteiger partial charge in [0.25, 0.3) is 0 Å². The number of halogens is 1. The van der Waals surface area contributed by atoms with E-state index in [9.17, 15) is 0 Å². The Kier molecular flexibility index (Phi) is 8.22. The molecule has 1 aromatic heterocycles. The van der Waals surface area contributed by atoms with E-state index in [0.717, 1.165) is 16.6 Å². The molecule has 0 saturated carbocycles. The van der Waals surface area contributed by atoms with Gasteiger partial charge in [0, 0.05) is 10.7 Å². The number of rotatable bonds is 9. The van der Waals surface area contributed by atoms with Crippen molar-refractivity contribution in [1.82, 2.24) is 10.4 Å².